The maximum atomic E-state index is 10.4. The van der Waals surface area contributed by atoms with E-state index in [2.05, 4.69) is 0 Å². The van der Waals surface area contributed by atoms with Gasteiger partial charge in [-0.3, -0.25) is 9.80 Å². The summed E-state index contributed by atoms with van der Waals surface area (Å²) in [7, 11) is 0. The summed E-state index contributed by atoms with van der Waals surface area (Å²) in [6, 6.07) is 0. The van der Waals surface area contributed by atoms with Crippen LogP contribution < -0.4 is 20.4 Å². The second kappa shape index (κ2) is 11.1. The van der Waals surface area contributed by atoms with E-state index in [1.165, 1.54) is 0 Å². The van der Waals surface area contributed by atoms with Gasteiger partial charge in [-0.2, -0.15) is 0 Å². The van der Waals surface area contributed by atoms with Crippen LogP contribution in [0.15, 0.2) is 0 Å². The standard InChI is InChI=1S/C10H16N2O8.Zn/c13-7(14)3-11(4-8(15)16)1-2-12(5-9(17)18)6-10(19)20;/h1-6H2,(H,13,14)(H,15,16)(H,17,18)(H,19,20);/q;+2/p-2. The van der Waals surface area contributed by atoms with Gasteiger partial charge in [-0.25, -0.2) is 0 Å². The van der Waals surface area contributed by atoms with Crippen molar-refractivity contribution < 1.29 is 61.9 Å². The third-order valence-electron chi connectivity index (χ3n) is 2.14. The van der Waals surface area contributed by atoms with Crippen molar-refractivity contribution in [2.24, 2.45) is 0 Å². The summed E-state index contributed by atoms with van der Waals surface area (Å²) in [5, 5.41) is 41.6. The van der Waals surface area contributed by atoms with Gasteiger partial charge in [-0.1, -0.05) is 0 Å². The molecule has 0 amide bonds. The molecule has 0 heterocycles. The van der Waals surface area contributed by atoms with Crippen LogP contribution in [0.3, 0.4) is 0 Å². The molecule has 0 fully saturated rings. The molecule has 0 aromatic heterocycles. The van der Waals surface area contributed by atoms with E-state index in [0.717, 1.165) is 9.80 Å². The molecule has 0 aliphatic carbocycles. The molecular weight excluding hydrogens is 342 g/mol. The summed E-state index contributed by atoms with van der Waals surface area (Å²) in [4.78, 5) is 43.4. The minimum atomic E-state index is -1.53. The van der Waals surface area contributed by atoms with Crippen LogP contribution in [-0.2, 0) is 38.7 Å². The number of rotatable bonds is 11. The number of nitrogens with zero attached hydrogens (tertiary/aromatic N) is 2. The van der Waals surface area contributed by atoms with E-state index < -0.39 is 50.1 Å². The number of carboxylic acid groups (broad SMARTS) is 4. The molecule has 114 valence electrons. The van der Waals surface area contributed by atoms with E-state index in [4.69, 9.17) is 0 Å². The first-order valence-corrected chi connectivity index (χ1v) is 5.44. The van der Waals surface area contributed by atoms with Crippen molar-refractivity contribution in [1.29, 1.82) is 0 Å². The third-order valence-corrected chi connectivity index (χ3v) is 2.14. The largest absolute Gasteiger partial charge is 2.00 e. The van der Waals surface area contributed by atoms with Gasteiger partial charge in [0.2, 0.25) is 0 Å². The van der Waals surface area contributed by atoms with Crippen molar-refractivity contribution in [3.63, 3.8) is 0 Å². The minimum Gasteiger partial charge on any atom is -0.549 e. The SMILES string of the molecule is O=C([O-])CN(CCN(CC(=O)[O-])CC(=O)[O-])CC(=O)[O-].[H+].[H+].[Zn+2]. The zero-order valence-electron chi connectivity index (χ0n) is 13.1. The predicted molar refractivity (Wildman–Crippen MR) is 55.1 cm³/mol. The molecule has 0 aliphatic rings. The number of hydrogen-bond acceptors (Lipinski definition) is 10. The normalized spacial score (nSPS) is 10.2. The number of hydrogen-bond donors (Lipinski definition) is 0. The zero-order valence-corrected chi connectivity index (χ0v) is 14.1. The Hall–Kier alpha value is -1.58. The van der Waals surface area contributed by atoms with Crippen LogP contribution >= 0.6 is 0 Å². The molecule has 0 radical (unpaired) electrons. The fourth-order valence-electron chi connectivity index (χ4n) is 1.44. The molecule has 0 unspecified atom stereocenters. The Balaban J connectivity index is -0.000000602. The number of carbonyl (C=O) groups excluding carboxylic acids is 4. The van der Waals surface area contributed by atoms with E-state index in [9.17, 15) is 39.6 Å². The first-order chi connectivity index (χ1) is 9.20. The summed E-state index contributed by atoms with van der Waals surface area (Å²) in [5.41, 5.74) is 0. The Kier molecular flexibility index (Phi) is 11.5. The molecule has 0 aromatic rings. The van der Waals surface area contributed by atoms with Gasteiger partial charge in [0.25, 0.3) is 0 Å². The van der Waals surface area contributed by atoms with Gasteiger partial charge in [-0.15, -0.1) is 0 Å². The quantitative estimate of drug-likeness (QED) is 0.325. The fraction of sp³-hybridized carbons (Fsp3) is 0.600. The molecule has 0 saturated heterocycles. The van der Waals surface area contributed by atoms with Crippen molar-refractivity contribution in [1.82, 2.24) is 9.80 Å². The number of aliphatic carboxylic acids is 4. The van der Waals surface area contributed by atoms with E-state index in [-0.39, 0.29) is 35.4 Å². The van der Waals surface area contributed by atoms with Gasteiger partial charge in [0.05, 0.1) is 23.9 Å². The molecule has 0 aromatic carbocycles. The van der Waals surface area contributed by atoms with Crippen LogP contribution in [-0.4, -0.2) is 72.9 Å². The van der Waals surface area contributed by atoms with E-state index in [1.807, 2.05) is 0 Å². The monoisotopic (exact) mass is 354 g/mol. The third kappa shape index (κ3) is 13.2. The van der Waals surface area contributed by atoms with Crippen molar-refractivity contribution in [3.8, 4) is 0 Å². The number of carboxylic acids is 4. The average molecular weight is 356 g/mol. The summed E-state index contributed by atoms with van der Waals surface area (Å²) >= 11 is 0. The minimum absolute atomic E-state index is 0. The summed E-state index contributed by atoms with van der Waals surface area (Å²) < 4.78 is 0. The molecule has 11 heteroatoms. The van der Waals surface area contributed by atoms with Gasteiger partial charge in [0.1, 0.15) is 0 Å². The molecule has 0 rings (SSSR count). The molecule has 0 aliphatic heterocycles. The van der Waals surface area contributed by atoms with Crippen LogP contribution in [0.2, 0.25) is 0 Å². The van der Waals surface area contributed by atoms with Crippen LogP contribution in [0.1, 0.15) is 2.85 Å². The molecule has 0 bridgehead atoms. The summed E-state index contributed by atoms with van der Waals surface area (Å²) in [5.74, 6) is -6.12. The van der Waals surface area contributed by atoms with Gasteiger partial charge < -0.3 is 39.6 Å². The maximum absolute atomic E-state index is 10.4. The van der Waals surface area contributed by atoms with Crippen LogP contribution in [0, 0.1) is 0 Å². The van der Waals surface area contributed by atoms with Gasteiger partial charge >= 0.3 is 22.3 Å². The summed E-state index contributed by atoms with van der Waals surface area (Å²) in [6.45, 7) is -3.25. The molecule has 0 saturated carbocycles. The van der Waals surface area contributed by atoms with E-state index >= 15 is 0 Å². The molecule has 0 atom stereocenters. The van der Waals surface area contributed by atoms with Crippen LogP contribution in [0.5, 0.6) is 0 Å². The molecule has 21 heavy (non-hydrogen) atoms. The van der Waals surface area contributed by atoms with E-state index in [0.29, 0.717) is 0 Å². The first kappa shape index (κ1) is 21.7. The second-order valence-corrected chi connectivity index (χ2v) is 3.91. The predicted octanol–water partition coefficient (Wildman–Crippen LogP) is -7.19. The maximum Gasteiger partial charge on any atom is 2.00 e. The summed E-state index contributed by atoms with van der Waals surface area (Å²) in [6.07, 6.45) is 0. The Morgan fingerprint density at radius 2 is 0.810 bits per heavy atom. The van der Waals surface area contributed by atoms with Gasteiger partial charge in [0, 0.05) is 39.3 Å². The topological polar surface area (TPSA) is 167 Å². The number of carbonyl (C=O) groups is 4. The second-order valence-electron chi connectivity index (χ2n) is 3.91. The Bertz CT molecular complexity index is 331. The first-order valence-electron chi connectivity index (χ1n) is 5.44. The van der Waals surface area contributed by atoms with Gasteiger partial charge in [-0.05, 0) is 0 Å². The molecular formula is C10H14N2O8Zn. The van der Waals surface area contributed by atoms with Crippen molar-refractivity contribution in [2.45, 2.75) is 0 Å². The Morgan fingerprint density at radius 1 is 0.619 bits per heavy atom. The van der Waals surface area contributed by atoms with Crippen molar-refractivity contribution in [2.75, 3.05) is 39.3 Å². The zero-order chi connectivity index (χ0) is 15.7. The van der Waals surface area contributed by atoms with Crippen molar-refractivity contribution in [3.05, 3.63) is 0 Å². The van der Waals surface area contributed by atoms with E-state index in [1.54, 1.807) is 0 Å². The molecule has 0 spiro atoms. The Morgan fingerprint density at radius 3 is 0.952 bits per heavy atom. The average Bonchev–Trinajstić information content (AvgIpc) is 2.22. The smallest absolute Gasteiger partial charge is 0.549 e. The molecule has 0 N–H and O–H groups in total. The van der Waals surface area contributed by atoms with Crippen LogP contribution in [0.4, 0.5) is 0 Å². The molecule has 10 nitrogen and oxygen atoms in total. The van der Waals surface area contributed by atoms with Crippen molar-refractivity contribution >= 4 is 23.9 Å². The van der Waals surface area contributed by atoms with Gasteiger partial charge in [0.15, 0.2) is 0 Å². The van der Waals surface area contributed by atoms with Crippen LogP contribution in [0.25, 0.3) is 0 Å². The Labute approximate surface area is 135 Å². The fourth-order valence-corrected chi connectivity index (χ4v) is 1.44.